The molecule has 0 aromatic heterocycles. The minimum Gasteiger partial charge on any atom is -0.270 e. The van der Waals surface area contributed by atoms with Gasteiger partial charge in [-0.05, 0) is 38.9 Å². The highest BCUT2D eigenvalue weighted by Crippen LogP contribution is 2.42. The summed E-state index contributed by atoms with van der Waals surface area (Å²) in [6.07, 6.45) is 2.74. The Morgan fingerprint density at radius 1 is 1.13 bits per heavy atom. The number of amides is 1. The zero-order valence-electron chi connectivity index (χ0n) is 10.4. The van der Waals surface area contributed by atoms with Crippen molar-refractivity contribution in [1.29, 1.82) is 0 Å². The van der Waals surface area contributed by atoms with E-state index in [0.717, 1.165) is 19.3 Å². The Labute approximate surface area is 91.8 Å². The van der Waals surface area contributed by atoms with Crippen LogP contribution in [0, 0.1) is 0 Å². The molecule has 1 aliphatic heterocycles. The van der Waals surface area contributed by atoms with Crippen molar-refractivity contribution in [3.05, 3.63) is 0 Å². The van der Waals surface area contributed by atoms with Gasteiger partial charge in [0, 0.05) is 25.0 Å². The predicted octanol–water partition coefficient (Wildman–Crippen LogP) is 1.94. The van der Waals surface area contributed by atoms with E-state index in [1.54, 1.807) is 0 Å². The summed E-state index contributed by atoms with van der Waals surface area (Å²) in [4.78, 5) is 11.2. The van der Waals surface area contributed by atoms with Gasteiger partial charge in [0.2, 0.25) is 0 Å². The number of hydrogen-bond donors (Lipinski definition) is 1. The molecule has 0 spiro atoms. The summed E-state index contributed by atoms with van der Waals surface area (Å²) in [5, 5.41) is 12.8. The van der Waals surface area contributed by atoms with Gasteiger partial charge in [0.25, 0.3) is 5.91 Å². The molecule has 1 heterocycles. The van der Waals surface area contributed by atoms with E-state index in [9.17, 15) is 10.0 Å². The van der Waals surface area contributed by atoms with Gasteiger partial charge in [0.15, 0.2) is 11.1 Å². The van der Waals surface area contributed by atoms with Crippen LogP contribution in [-0.4, -0.2) is 21.7 Å². The van der Waals surface area contributed by atoms with Gasteiger partial charge in [0.05, 0.1) is 0 Å². The summed E-state index contributed by atoms with van der Waals surface area (Å²) >= 11 is 0. The average Bonchev–Trinajstić information content (AvgIpc) is 1.99. The Hall–Kier alpha value is -0.610. The summed E-state index contributed by atoms with van der Waals surface area (Å²) in [5.74, 6) is -0.256. The summed E-state index contributed by atoms with van der Waals surface area (Å²) in [5.41, 5.74) is 1.68. The Kier molecular flexibility index (Phi) is 2.87. The third-order valence-corrected chi connectivity index (χ3v) is 3.60. The number of hydrogen-bond acceptors (Lipinski definition) is 1. The van der Waals surface area contributed by atoms with Crippen LogP contribution in [0.4, 0.5) is 0 Å². The lowest BCUT2D eigenvalue weighted by Crippen LogP contribution is -2.77. The van der Waals surface area contributed by atoms with Crippen LogP contribution in [0.5, 0.6) is 0 Å². The van der Waals surface area contributed by atoms with Crippen molar-refractivity contribution in [2.75, 3.05) is 0 Å². The van der Waals surface area contributed by atoms with Crippen LogP contribution in [-0.2, 0) is 10.0 Å². The first-order chi connectivity index (χ1) is 6.62. The first kappa shape index (κ1) is 12.5. The van der Waals surface area contributed by atoms with Crippen molar-refractivity contribution in [2.24, 2.45) is 0 Å². The summed E-state index contributed by atoms with van der Waals surface area (Å²) in [6.45, 7) is 9.11. The molecule has 0 aliphatic carbocycles. The highest BCUT2D eigenvalue weighted by Gasteiger charge is 2.60. The third kappa shape index (κ3) is 1.88. The molecular formula is C11H22N2O2+. The van der Waals surface area contributed by atoms with Gasteiger partial charge in [-0.2, -0.15) is 5.43 Å². The molecule has 1 saturated heterocycles. The number of quaternary nitrogens is 1. The molecule has 1 aliphatic rings. The molecule has 15 heavy (non-hydrogen) atoms. The fraction of sp³-hybridized carbons (Fsp3) is 0.909. The second-order valence-corrected chi connectivity index (χ2v) is 5.76. The predicted molar refractivity (Wildman–Crippen MR) is 56.8 cm³/mol. The maximum absolute atomic E-state index is 12.8. The van der Waals surface area contributed by atoms with Gasteiger partial charge in [-0.15, -0.1) is 0 Å². The van der Waals surface area contributed by atoms with E-state index in [0.29, 0.717) is 0 Å². The van der Waals surface area contributed by atoms with Crippen molar-refractivity contribution in [2.45, 2.75) is 65.0 Å². The van der Waals surface area contributed by atoms with Crippen molar-refractivity contribution < 1.29 is 14.8 Å². The van der Waals surface area contributed by atoms with E-state index in [1.165, 1.54) is 6.92 Å². The second kappa shape index (κ2) is 3.46. The molecular weight excluding hydrogens is 192 g/mol. The van der Waals surface area contributed by atoms with Gasteiger partial charge >= 0.3 is 0 Å². The normalized spacial score (nSPS) is 27.1. The maximum Gasteiger partial charge on any atom is 0.264 e. The lowest BCUT2D eigenvalue weighted by atomic mass is 9.81. The van der Waals surface area contributed by atoms with Crippen LogP contribution in [0.15, 0.2) is 0 Å². The van der Waals surface area contributed by atoms with Gasteiger partial charge in [-0.3, -0.25) is 4.79 Å². The van der Waals surface area contributed by atoms with Crippen LogP contribution in [0.2, 0.25) is 0 Å². The highest BCUT2D eigenvalue weighted by atomic mass is 16.6. The largest absolute Gasteiger partial charge is 0.270 e. The number of nitrogens with zero attached hydrogens (tertiary/aromatic N) is 1. The van der Waals surface area contributed by atoms with E-state index in [4.69, 9.17) is 0 Å². The number of rotatable bonds is 1. The third-order valence-electron chi connectivity index (χ3n) is 3.60. The van der Waals surface area contributed by atoms with Crippen molar-refractivity contribution >= 4 is 5.91 Å². The number of carbonyl (C=O) groups excluding carboxylic acids is 1. The molecule has 1 amide bonds. The standard InChI is InChI=1S/C11H22N2O2/c1-9(14)12-13(15)10(2,3)7-6-8-11(13,4)5/h6-8H2,1-5H3,(H,12,14)/q+1. The SMILES string of the molecule is CC(=O)N[N+]1([O])C(C)(C)CCCC1(C)C. The van der Waals surface area contributed by atoms with Crippen LogP contribution in [0.1, 0.15) is 53.9 Å². The highest BCUT2D eigenvalue weighted by molar-refractivity contribution is 5.71. The van der Waals surface area contributed by atoms with Gasteiger partial charge in [-0.1, -0.05) is 0 Å². The molecule has 0 unspecified atom stereocenters. The first-order valence-corrected chi connectivity index (χ1v) is 5.51. The van der Waals surface area contributed by atoms with Crippen LogP contribution in [0.3, 0.4) is 0 Å². The van der Waals surface area contributed by atoms with Crippen molar-refractivity contribution in [3.63, 3.8) is 0 Å². The molecule has 1 N–H and O–H groups in total. The van der Waals surface area contributed by atoms with Gasteiger partial charge in [0.1, 0.15) is 0 Å². The minimum absolute atomic E-state index is 0.256. The van der Waals surface area contributed by atoms with E-state index < -0.39 is 15.8 Å². The van der Waals surface area contributed by atoms with Crippen molar-refractivity contribution in [1.82, 2.24) is 5.43 Å². The number of nitrogens with one attached hydrogen (secondary N) is 1. The topological polar surface area (TPSA) is 49.0 Å². The maximum atomic E-state index is 12.8. The Bertz CT molecular complexity index is 256. The molecule has 0 aromatic rings. The first-order valence-electron chi connectivity index (χ1n) is 5.51. The van der Waals surface area contributed by atoms with E-state index in [-0.39, 0.29) is 5.91 Å². The zero-order chi connectivity index (χ0) is 11.9. The average molecular weight is 214 g/mol. The van der Waals surface area contributed by atoms with Gasteiger partial charge < -0.3 is 0 Å². The summed E-state index contributed by atoms with van der Waals surface area (Å²) in [6, 6.07) is 0. The Morgan fingerprint density at radius 2 is 1.53 bits per heavy atom. The molecule has 1 radical (unpaired) electrons. The summed E-state index contributed by atoms with van der Waals surface area (Å²) in [7, 11) is 0. The number of carbonyl (C=O) groups is 1. The smallest absolute Gasteiger partial charge is 0.264 e. The zero-order valence-corrected chi connectivity index (χ0v) is 10.4. The monoisotopic (exact) mass is 214 g/mol. The molecule has 0 bridgehead atoms. The number of piperidine rings is 1. The summed E-state index contributed by atoms with van der Waals surface area (Å²) < 4.78 is -0.616. The van der Waals surface area contributed by atoms with Gasteiger partial charge in [-0.25, -0.2) is 0 Å². The molecule has 1 rings (SSSR count). The lowest BCUT2D eigenvalue weighted by Gasteiger charge is -2.51. The second-order valence-electron chi connectivity index (χ2n) is 5.76. The van der Waals surface area contributed by atoms with Crippen molar-refractivity contribution in [3.8, 4) is 0 Å². The van der Waals surface area contributed by atoms with Crippen LogP contribution in [0.25, 0.3) is 0 Å². The quantitative estimate of drug-likeness (QED) is 0.666. The molecule has 0 saturated carbocycles. The molecule has 0 atom stereocenters. The van der Waals surface area contributed by atoms with E-state index in [1.807, 2.05) is 27.7 Å². The fourth-order valence-corrected chi connectivity index (χ4v) is 2.61. The molecule has 1 fully saturated rings. The Balaban J connectivity index is 3.09. The number of hydroxylamine groups is 2. The molecule has 87 valence electrons. The van der Waals surface area contributed by atoms with Crippen LogP contribution >= 0.6 is 0 Å². The van der Waals surface area contributed by atoms with E-state index >= 15 is 0 Å². The molecule has 4 nitrogen and oxygen atoms in total. The van der Waals surface area contributed by atoms with Crippen LogP contribution < -0.4 is 5.43 Å². The lowest BCUT2D eigenvalue weighted by molar-refractivity contribution is -1.22. The molecule has 0 aromatic carbocycles. The van der Waals surface area contributed by atoms with E-state index in [2.05, 4.69) is 5.43 Å². The molecule has 4 heteroatoms. The fourth-order valence-electron chi connectivity index (χ4n) is 2.61. The minimum atomic E-state index is -0.616. The Morgan fingerprint density at radius 3 is 1.87 bits per heavy atom.